The van der Waals surface area contributed by atoms with Crippen LogP contribution in [0.3, 0.4) is 0 Å². The maximum atomic E-state index is 16.9. The van der Waals surface area contributed by atoms with Gasteiger partial charge in [0.05, 0.1) is 30.8 Å². The summed E-state index contributed by atoms with van der Waals surface area (Å²) in [4.78, 5) is 18.9. The lowest BCUT2D eigenvalue weighted by Gasteiger charge is -2.47. The number of rotatable bonds is 9. The smallest absolute Gasteiger partial charge is 0.319 e. The summed E-state index contributed by atoms with van der Waals surface area (Å²) in [7, 11) is 1.79. The average Bonchev–Trinajstić information content (AvgIpc) is 3.81. The van der Waals surface area contributed by atoms with Gasteiger partial charge in [0, 0.05) is 67.4 Å². The number of phenols is 1. The van der Waals surface area contributed by atoms with E-state index in [-0.39, 0.29) is 50.3 Å². The van der Waals surface area contributed by atoms with Crippen LogP contribution in [0.25, 0.3) is 32.9 Å². The molecule has 2 saturated heterocycles. The van der Waals surface area contributed by atoms with Crippen LogP contribution in [0, 0.1) is 34.8 Å². The van der Waals surface area contributed by atoms with Gasteiger partial charge in [-0.25, -0.2) is 8.78 Å². The number of hydrogen-bond donors (Lipinski definition) is 1. The van der Waals surface area contributed by atoms with Crippen LogP contribution in [0.2, 0.25) is 0 Å². The van der Waals surface area contributed by atoms with Gasteiger partial charge in [0.1, 0.15) is 28.6 Å². The standard InChI is InChI=1S/C39H43F2N5O4/c1-3-27-30(40)9-8-25-19-26(47)20-28(32(25)27)34-33(41)35-29(21-42-34)36(45-15-6-17-49-18-16-45)44-37(43-35)50-24-39-10-4-7-31(39)46(14-5-11-39)22-38(12-13-38)23-48-2/h1,8-9,19-21,31,47H,4-7,10-18,22-24H2,2H3. The molecule has 4 fully saturated rings. The number of methoxy groups -OCH3 is 1. The number of anilines is 1. The predicted octanol–water partition coefficient (Wildman–Crippen LogP) is 6.48. The highest BCUT2D eigenvalue weighted by Crippen LogP contribution is 2.52. The fourth-order valence-electron chi connectivity index (χ4n) is 8.90. The molecule has 2 aliphatic carbocycles. The highest BCUT2D eigenvalue weighted by atomic mass is 19.1. The number of benzene rings is 2. The van der Waals surface area contributed by atoms with Crippen molar-refractivity contribution >= 4 is 27.5 Å². The molecule has 0 spiro atoms. The summed E-state index contributed by atoms with van der Waals surface area (Å²) >= 11 is 0. The first kappa shape index (κ1) is 33.1. The summed E-state index contributed by atoms with van der Waals surface area (Å²) in [5, 5.41) is 11.8. The van der Waals surface area contributed by atoms with E-state index in [1.54, 1.807) is 13.3 Å². The van der Waals surface area contributed by atoms with Crippen LogP contribution >= 0.6 is 0 Å². The SMILES string of the molecule is C#Cc1c(F)ccc2cc(O)cc(-c3ncc4c(N5CCCOCC5)nc(OCC56CCCC5N(CC5(COC)CC5)CCC6)nc4c3F)c12. The second-order valence-electron chi connectivity index (χ2n) is 14.7. The second kappa shape index (κ2) is 13.2. The maximum Gasteiger partial charge on any atom is 0.319 e. The number of pyridine rings is 1. The number of nitrogens with zero attached hydrogens (tertiary/aromatic N) is 5. The third kappa shape index (κ3) is 5.91. The Morgan fingerprint density at radius 1 is 1.04 bits per heavy atom. The third-order valence-corrected chi connectivity index (χ3v) is 11.5. The van der Waals surface area contributed by atoms with Gasteiger partial charge in [-0.1, -0.05) is 18.4 Å². The number of fused-ring (bicyclic) bond motifs is 3. The van der Waals surface area contributed by atoms with Gasteiger partial charge >= 0.3 is 6.01 Å². The minimum Gasteiger partial charge on any atom is -0.508 e. The molecule has 2 aliphatic heterocycles. The van der Waals surface area contributed by atoms with Crippen LogP contribution < -0.4 is 9.64 Å². The molecule has 2 atom stereocenters. The molecular formula is C39H43F2N5O4. The van der Waals surface area contributed by atoms with Crippen LogP contribution in [0.1, 0.15) is 56.9 Å². The fourth-order valence-corrected chi connectivity index (χ4v) is 8.90. The van der Waals surface area contributed by atoms with Crippen molar-refractivity contribution in [3.05, 3.63) is 47.7 Å². The Hall–Kier alpha value is -4.11. The predicted molar refractivity (Wildman–Crippen MR) is 187 cm³/mol. The number of aromatic nitrogens is 3. The van der Waals surface area contributed by atoms with Crippen molar-refractivity contribution < 1.29 is 28.1 Å². The molecule has 2 saturated carbocycles. The van der Waals surface area contributed by atoms with E-state index in [2.05, 4.69) is 20.7 Å². The van der Waals surface area contributed by atoms with E-state index in [0.29, 0.717) is 55.5 Å². The van der Waals surface area contributed by atoms with E-state index in [1.807, 2.05) is 0 Å². The topological polar surface area (TPSA) is 93.1 Å². The van der Waals surface area contributed by atoms with Gasteiger partial charge in [-0.3, -0.25) is 9.88 Å². The van der Waals surface area contributed by atoms with Crippen LogP contribution in [0.15, 0.2) is 30.5 Å². The van der Waals surface area contributed by atoms with E-state index >= 15 is 4.39 Å². The first-order valence-corrected chi connectivity index (χ1v) is 17.8. The molecule has 0 bridgehead atoms. The van der Waals surface area contributed by atoms with Crippen LogP contribution in [-0.4, -0.2) is 90.7 Å². The van der Waals surface area contributed by atoms with Crippen molar-refractivity contribution in [3.63, 3.8) is 0 Å². The number of piperidine rings is 1. The van der Waals surface area contributed by atoms with Gasteiger partial charge in [-0.2, -0.15) is 9.97 Å². The number of halogens is 2. The molecule has 2 aromatic carbocycles. The highest BCUT2D eigenvalue weighted by molar-refractivity contribution is 6.03. The number of aromatic hydroxyl groups is 1. The van der Waals surface area contributed by atoms with E-state index in [9.17, 15) is 9.50 Å². The van der Waals surface area contributed by atoms with Gasteiger partial charge < -0.3 is 24.2 Å². The summed E-state index contributed by atoms with van der Waals surface area (Å²) in [6.07, 6.45) is 16.0. The van der Waals surface area contributed by atoms with Crippen molar-refractivity contribution in [2.45, 2.75) is 57.4 Å². The first-order chi connectivity index (χ1) is 24.3. The number of ether oxygens (including phenoxy) is 3. The van der Waals surface area contributed by atoms with Gasteiger partial charge in [-0.15, -0.1) is 6.42 Å². The van der Waals surface area contributed by atoms with Gasteiger partial charge in [0.2, 0.25) is 0 Å². The molecule has 4 aliphatic rings. The number of likely N-dealkylation sites (tertiary alicyclic amines) is 1. The molecule has 0 radical (unpaired) electrons. The van der Waals surface area contributed by atoms with Gasteiger partial charge in [-0.05, 0) is 75.1 Å². The number of phenolic OH excluding ortho intramolecular Hbond substituents is 1. The molecule has 1 N–H and O–H groups in total. The van der Waals surface area contributed by atoms with Crippen LogP contribution in [-0.2, 0) is 9.47 Å². The molecular weight excluding hydrogens is 640 g/mol. The summed E-state index contributed by atoms with van der Waals surface area (Å²) in [6, 6.07) is 6.09. The zero-order valence-corrected chi connectivity index (χ0v) is 28.5. The highest BCUT2D eigenvalue weighted by Gasteiger charge is 2.52. The van der Waals surface area contributed by atoms with E-state index in [1.165, 1.54) is 37.1 Å². The number of hydrogen-bond acceptors (Lipinski definition) is 9. The fraction of sp³-hybridized carbons (Fsp3) is 0.513. The van der Waals surface area contributed by atoms with E-state index in [0.717, 1.165) is 58.2 Å². The van der Waals surface area contributed by atoms with Crippen molar-refractivity contribution in [2.75, 3.05) is 64.6 Å². The summed E-state index contributed by atoms with van der Waals surface area (Å²) in [6.45, 7) is 5.76. The quantitative estimate of drug-likeness (QED) is 0.199. The minimum atomic E-state index is -0.727. The van der Waals surface area contributed by atoms with Crippen molar-refractivity contribution in [1.82, 2.24) is 19.9 Å². The van der Waals surface area contributed by atoms with Crippen LogP contribution in [0.4, 0.5) is 14.6 Å². The van der Waals surface area contributed by atoms with Crippen molar-refractivity contribution in [3.8, 4) is 35.4 Å². The largest absolute Gasteiger partial charge is 0.508 e. The normalized spacial score (nSPS) is 23.5. The summed E-state index contributed by atoms with van der Waals surface area (Å²) < 4.78 is 49.7. The zero-order valence-electron chi connectivity index (χ0n) is 28.5. The molecule has 9 nitrogen and oxygen atoms in total. The lowest BCUT2D eigenvalue weighted by molar-refractivity contribution is -0.0172. The Labute approximate surface area is 291 Å². The molecule has 50 heavy (non-hydrogen) atoms. The van der Waals surface area contributed by atoms with Gasteiger partial charge in [0.15, 0.2) is 5.82 Å². The van der Waals surface area contributed by atoms with Crippen LogP contribution in [0.5, 0.6) is 11.8 Å². The Morgan fingerprint density at radius 3 is 2.72 bits per heavy atom. The zero-order chi connectivity index (χ0) is 34.5. The van der Waals surface area contributed by atoms with E-state index in [4.69, 9.17) is 30.6 Å². The Morgan fingerprint density at radius 2 is 1.90 bits per heavy atom. The number of terminal acetylenes is 1. The van der Waals surface area contributed by atoms with E-state index < -0.39 is 11.6 Å². The third-order valence-electron chi connectivity index (χ3n) is 11.5. The molecule has 2 aromatic heterocycles. The Bertz CT molecular complexity index is 1970. The molecule has 11 heteroatoms. The molecule has 4 heterocycles. The summed E-state index contributed by atoms with van der Waals surface area (Å²) in [5.74, 6) is 1.47. The average molecular weight is 684 g/mol. The molecule has 0 amide bonds. The summed E-state index contributed by atoms with van der Waals surface area (Å²) in [5.41, 5.74) is 0.320. The molecule has 8 rings (SSSR count). The first-order valence-electron chi connectivity index (χ1n) is 17.8. The second-order valence-corrected chi connectivity index (χ2v) is 14.7. The lowest BCUT2D eigenvalue weighted by Crippen LogP contribution is -2.53. The molecule has 4 aromatic rings. The molecule has 262 valence electrons. The molecule has 2 unspecified atom stereocenters. The van der Waals surface area contributed by atoms with Gasteiger partial charge in [0.25, 0.3) is 0 Å². The maximum absolute atomic E-state index is 16.9. The van der Waals surface area contributed by atoms with Crippen molar-refractivity contribution in [2.24, 2.45) is 10.8 Å². The Kier molecular flexibility index (Phi) is 8.74. The van der Waals surface area contributed by atoms with Crippen molar-refractivity contribution in [1.29, 1.82) is 0 Å². The lowest BCUT2D eigenvalue weighted by atomic mass is 9.75. The minimum absolute atomic E-state index is 0.0301. The monoisotopic (exact) mass is 683 g/mol. The Balaban J connectivity index is 1.19.